The fourth-order valence-corrected chi connectivity index (χ4v) is 1.79. The third-order valence-corrected chi connectivity index (χ3v) is 2.98. The van der Waals surface area contributed by atoms with Gasteiger partial charge >= 0.3 is 12.0 Å². The first-order valence-electron chi connectivity index (χ1n) is 6.28. The molecule has 6 heteroatoms. The van der Waals surface area contributed by atoms with Crippen molar-refractivity contribution in [1.29, 1.82) is 0 Å². The molecule has 0 aliphatic heterocycles. The van der Waals surface area contributed by atoms with Gasteiger partial charge in [-0.05, 0) is 19.3 Å². The zero-order chi connectivity index (χ0) is 13.5. The van der Waals surface area contributed by atoms with E-state index < -0.39 is 5.97 Å². The van der Waals surface area contributed by atoms with Gasteiger partial charge in [0.1, 0.15) is 0 Å². The molecule has 1 saturated carbocycles. The number of carboxylic acids is 1. The molecule has 1 rings (SSSR count). The highest BCUT2D eigenvalue weighted by Gasteiger charge is 2.33. The molecular weight excluding hydrogens is 236 g/mol. The number of urea groups is 1. The van der Waals surface area contributed by atoms with E-state index in [9.17, 15) is 9.59 Å². The molecule has 104 valence electrons. The molecule has 0 aromatic rings. The number of nitrogens with zero attached hydrogens (tertiary/aromatic N) is 2. The minimum absolute atomic E-state index is 0.0278. The van der Waals surface area contributed by atoms with Crippen LogP contribution in [-0.4, -0.2) is 66.8 Å². The van der Waals surface area contributed by atoms with E-state index in [1.807, 2.05) is 4.90 Å². The molecule has 0 atom stereocenters. The maximum Gasteiger partial charge on any atom is 0.320 e. The largest absolute Gasteiger partial charge is 0.481 e. The van der Waals surface area contributed by atoms with Crippen LogP contribution in [-0.2, 0) is 9.53 Å². The van der Waals surface area contributed by atoms with Crippen molar-refractivity contribution in [3.63, 3.8) is 0 Å². The van der Waals surface area contributed by atoms with Crippen LogP contribution in [0.4, 0.5) is 4.79 Å². The standard InChI is InChI=1S/C12H22N2O4/c1-13(7-3-4-11(15)16)12(17)14(8-9-18-2)10-5-6-10/h10H,3-9H2,1-2H3,(H,15,16). The van der Waals surface area contributed by atoms with Crippen molar-refractivity contribution in [1.82, 2.24) is 9.80 Å². The Morgan fingerprint density at radius 1 is 1.33 bits per heavy atom. The van der Waals surface area contributed by atoms with Gasteiger partial charge in [0.15, 0.2) is 0 Å². The molecule has 1 fully saturated rings. The second-order valence-electron chi connectivity index (χ2n) is 4.62. The Bertz CT molecular complexity index is 292. The number of hydrogen-bond donors (Lipinski definition) is 1. The lowest BCUT2D eigenvalue weighted by Gasteiger charge is -2.28. The molecule has 0 bridgehead atoms. The number of carbonyl (C=O) groups is 2. The van der Waals surface area contributed by atoms with Crippen molar-refractivity contribution < 1.29 is 19.4 Å². The van der Waals surface area contributed by atoms with Gasteiger partial charge in [-0.25, -0.2) is 4.79 Å². The summed E-state index contributed by atoms with van der Waals surface area (Å²) >= 11 is 0. The van der Waals surface area contributed by atoms with E-state index in [1.165, 1.54) is 0 Å². The van der Waals surface area contributed by atoms with Crippen LogP contribution >= 0.6 is 0 Å². The first-order valence-corrected chi connectivity index (χ1v) is 6.28. The summed E-state index contributed by atoms with van der Waals surface area (Å²) in [6, 6.07) is 0.314. The average Bonchev–Trinajstić information content (AvgIpc) is 3.13. The minimum atomic E-state index is -0.825. The lowest BCUT2D eigenvalue weighted by molar-refractivity contribution is -0.137. The van der Waals surface area contributed by atoms with Crippen LogP contribution in [0.15, 0.2) is 0 Å². The summed E-state index contributed by atoms with van der Waals surface area (Å²) in [5.74, 6) is -0.825. The molecule has 0 heterocycles. The number of amides is 2. The summed E-state index contributed by atoms with van der Waals surface area (Å²) < 4.78 is 5.00. The Balaban J connectivity index is 2.36. The van der Waals surface area contributed by atoms with Gasteiger partial charge in [0.2, 0.25) is 0 Å². The summed E-state index contributed by atoms with van der Waals surface area (Å²) in [4.78, 5) is 26.0. The monoisotopic (exact) mass is 258 g/mol. The number of carboxylic acid groups (broad SMARTS) is 1. The predicted molar refractivity (Wildman–Crippen MR) is 66.5 cm³/mol. The van der Waals surface area contributed by atoms with Crippen molar-refractivity contribution in [2.24, 2.45) is 0 Å². The molecule has 0 radical (unpaired) electrons. The number of hydrogen-bond acceptors (Lipinski definition) is 3. The van der Waals surface area contributed by atoms with Gasteiger partial charge in [-0.3, -0.25) is 4.79 Å². The summed E-state index contributed by atoms with van der Waals surface area (Å²) in [5.41, 5.74) is 0. The van der Waals surface area contributed by atoms with Gasteiger partial charge in [0.05, 0.1) is 6.61 Å². The van der Waals surface area contributed by atoms with Crippen molar-refractivity contribution in [2.75, 3.05) is 33.9 Å². The first-order chi connectivity index (χ1) is 8.56. The maximum atomic E-state index is 12.2. The number of methoxy groups -OCH3 is 1. The summed E-state index contributed by atoms with van der Waals surface area (Å²) in [5, 5.41) is 8.56. The highest BCUT2D eigenvalue weighted by Crippen LogP contribution is 2.27. The van der Waals surface area contributed by atoms with Gasteiger partial charge in [-0.1, -0.05) is 0 Å². The Morgan fingerprint density at radius 3 is 2.50 bits per heavy atom. The predicted octanol–water partition coefficient (Wildman–Crippen LogP) is 1.01. The lowest BCUT2D eigenvalue weighted by Crippen LogP contribution is -2.44. The highest BCUT2D eigenvalue weighted by molar-refractivity contribution is 5.75. The molecule has 6 nitrogen and oxygen atoms in total. The fraction of sp³-hybridized carbons (Fsp3) is 0.833. The van der Waals surface area contributed by atoms with E-state index in [4.69, 9.17) is 9.84 Å². The molecule has 2 amide bonds. The molecule has 0 aromatic carbocycles. The molecular formula is C12H22N2O4. The minimum Gasteiger partial charge on any atom is -0.481 e. The van der Waals surface area contributed by atoms with E-state index >= 15 is 0 Å². The molecule has 0 spiro atoms. The Hall–Kier alpha value is -1.30. The number of aliphatic carboxylic acids is 1. The van der Waals surface area contributed by atoms with Crippen molar-refractivity contribution in [2.45, 2.75) is 31.7 Å². The van der Waals surface area contributed by atoms with Crippen LogP contribution in [0.25, 0.3) is 0 Å². The van der Waals surface area contributed by atoms with Crippen LogP contribution in [0.5, 0.6) is 0 Å². The molecule has 0 unspecified atom stereocenters. The van der Waals surface area contributed by atoms with E-state index in [0.717, 1.165) is 12.8 Å². The molecule has 1 aliphatic rings. The zero-order valence-electron chi connectivity index (χ0n) is 11.1. The molecule has 1 aliphatic carbocycles. The Morgan fingerprint density at radius 2 is 2.00 bits per heavy atom. The highest BCUT2D eigenvalue weighted by atomic mass is 16.5. The SMILES string of the molecule is COCCN(C(=O)N(C)CCCC(=O)O)C1CC1. The van der Waals surface area contributed by atoms with Crippen molar-refractivity contribution in [3.05, 3.63) is 0 Å². The molecule has 0 saturated heterocycles. The first kappa shape index (κ1) is 14.8. The Kier molecular flexibility index (Phi) is 5.91. The van der Waals surface area contributed by atoms with Crippen LogP contribution < -0.4 is 0 Å². The van der Waals surface area contributed by atoms with Crippen molar-refractivity contribution >= 4 is 12.0 Å². The van der Waals surface area contributed by atoms with Gasteiger partial charge in [0, 0.05) is 39.7 Å². The van der Waals surface area contributed by atoms with E-state index in [0.29, 0.717) is 32.2 Å². The normalized spacial score (nSPS) is 14.3. The van der Waals surface area contributed by atoms with Crippen LogP contribution in [0.3, 0.4) is 0 Å². The lowest BCUT2D eigenvalue weighted by atomic mass is 10.3. The summed E-state index contributed by atoms with van der Waals surface area (Å²) in [7, 11) is 3.33. The fourth-order valence-electron chi connectivity index (χ4n) is 1.79. The Labute approximate surface area is 107 Å². The van der Waals surface area contributed by atoms with Crippen LogP contribution in [0.2, 0.25) is 0 Å². The smallest absolute Gasteiger partial charge is 0.320 e. The third kappa shape index (κ3) is 4.91. The topological polar surface area (TPSA) is 70.1 Å². The zero-order valence-corrected chi connectivity index (χ0v) is 11.1. The van der Waals surface area contributed by atoms with Crippen LogP contribution in [0, 0.1) is 0 Å². The summed E-state index contributed by atoms with van der Waals surface area (Å²) in [6.07, 6.45) is 2.69. The maximum absolute atomic E-state index is 12.2. The molecule has 1 N–H and O–H groups in total. The third-order valence-electron chi connectivity index (χ3n) is 2.98. The second-order valence-corrected chi connectivity index (χ2v) is 4.62. The van der Waals surface area contributed by atoms with Gasteiger partial charge in [-0.2, -0.15) is 0 Å². The second kappa shape index (κ2) is 7.20. The van der Waals surface area contributed by atoms with E-state index in [2.05, 4.69) is 0 Å². The average molecular weight is 258 g/mol. The van der Waals surface area contributed by atoms with Crippen LogP contribution in [0.1, 0.15) is 25.7 Å². The molecule has 18 heavy (non-hydrogen) atoms. The quantitative estimate of drug-likeness (QED) is 0.705. The summed E-state index contributed by atoms with van der Waals surface area (Å²) in [6.45, 7) is 1.61. The number of carbonyl (C=O) groups excluding carboxylic acids is 1. The van der Waals surface area contributed by atoms with E-state index in [1.54, 1.807) is 19.1 Å². The van der Waals surface area contributed by atoms with Gasteiger partial charge in [0.25, 0.3) is 0 Å². The van der Waals surface area contributed by atoms with E-state index in [-0.39, 0.29) is 12.5 Å². The van der Waals surface area contributed by atoms with Gasteiger partial charge in [-0.15, -0.1) is 0 Å². The van der Waals surface area contributed by atoms with Crippen molar-refractivity contribution in [3.8, 4) is 0 Å². The molecule has 0 aromatic heterocycles. The van der Waals surface area contributed by atoms with Gasteiger partial charge < -0.3 is 19.6 Å². The number of rotatable bonds is 8. The number of ether oxygens (including phenoxy) is 1.